The average molecular weight is 372 g/mol. The van der Waals surface area contributed by atoms with Crippen LogP contribution in [0.25, 0.3) is 0 Å². The van der Waals surface area contributed by atoms with E-state index in [1.54, 1.807) is 42.5 Å². The fraction of sp³-hybridized carbons (Fsp3) is 0.118. The van der Waals surface area contributed by atoms with E-state index in [0.29, 0.717) is 16.9 Å². The normalized spacial score (nSPS) is 9.78. The Bertz CT molecular complexity index is 766. The number of amides is 2. The Kier molecular flexibility index (Phi) is 5.50. The van der Waals surface area contributed by atoms with Crippen molar-refractivity contribution in [1.82, 2.24) is 0 Å². The van der Waals surface area contributed by atoms with E-state index < -0.39 is 0 Å². The molecule has 0 atom stereocenters. The predicted molar refractivity (Wildman–Crippen MR) is 92.0 cm³/mol. The maximum absolute atomic E-state index is 12.2. The lowest BCUT2D eigenvalue weighted by Gasteiger charge is -2.21. The quantitative estimate of drug-likeness (QED) is 0.895. The Hall–Kier alpha value is -2.65. The predicted octanol–water partition coefficient (Wildman–Crippen LogP) is 3.31. The van der Waals surface area contributed by atoms with Crippen LogP contribution in [0, 0.1) is 11.3 Å². The highest BCUT2D eigenvalue weighted by atomic mass is 79.9. The number of nitriles is 1. The van der Waals surface area contributed by atoms with Gasteiger partial charge in [-0.3, -0.25) is 9.59 Å². The number of carbonyl (C=O) groups is 2. The first-order valence-electron chi connectivity index (χ1n) is 6.83. The molecule has 0 aromatic heterocycles. The van der Waals surface area contributed by atoms with Crippen molar-refractivity contribution in [2.24, 2.45) is 0 Å². The fourth-order valence-electron chi connectivity index (χ4n) is 2.00. The van der Waals surface area contributed by atoms with E-state index in [9.17, 15) is 9.59 Å². The SMILES string of the molecule is CC(=O)N(CC(=O)Nc1ccc(C#N)cc1)c1cccc(Br)c1. The number of rotatable bonds is 4. The van der Waals surface area contributed by atoms with Crippen LogP contribution in [0.2, 0.25) is 0 Å². The van der Waals surface area contributed by atoms with Gasteiger partial charge in [0.05, 0.1) is 11.6 Å². The van der Waals surface area contributed by atoms with Crippen LogP contribution >= 0.6 is 15.9 Å². The molecule has 0 fully saturated rings. The summed E-state index contributed by atoms with van der Waals surface area (Å²) in [6.07, 6.45) is 0. The molecule has 2 rings (SSSR count). The van der Waals surface area contributed by atoms with Crippen LogP contribution in [0.1, 0.15) is 12.5 Å². The molecule has 0 aliphatic heterocycles. The Morgan fingerprint density at radius 1 is 1.22 bits per heavy atom. The molecule has 0 unspecified atom stereocenters. The second-order valence-electron chi connectivity index (χ2n) is 4.82. The Labute approximate surface area is 142 Å². The lowest BCUT2D eigenvalue weighted by atomic mass is 10.2. The highest BCUT2D eigenvalue weighted by molar-refractivity contribution is 9.10. The van der Waals surface area contributed by atoms with Gasteiger partial charge in [0.1, 0.15) is 6.54 Å². The molecule has 0 heterocycles. The molecular formula is C17H14BrN3O2. The van der Waals surface area contributed by atoms with E-state index in [4.69, 9.17) is 5.26 Å². The minimum atomic E-state index is -0.315. The zero-order chi connectivity index (χ0) is 16.8. The van der Waals surface area contributed by atoms with Crippen molar-refractivity contribution in [2.75, 3.05) is 16.8 Å². The minimum absolute atomic E-state index is 0.0915. The molecule has 0 aliphatic carbocycles. The highest BCUT2D eigenvalue weighted by Gasteiger charge is 2.16. The zero-order valence-electron chi connectivity index (χ0n) is 12.4. The Morgan fingerprint density at radius 2 is 1.91 bits per heavy atom. The third-order valence-electron chi connectivity index (χ3n) is 3.10. The number of hydrogen-bond donors (Lipinski definition) is 1. The smallest absolute Gasteiger partial charge is 0.244 e. The largest absolute Gasteiger partial charge is 0.325 e. The highest BCUT2D eigenvalue weighted by Crippen LogP contribution is 2.20. The second-order valence-corrected chi connectivity index (χ2v) is 5.74. The third kappa shape index (κ3) is 4.66. The first-order valence-corrected chi connectivity index (χ1v) is 7.62. The lowest BCUT2D eigenvalue weighted by Crippen LogP contribution is -2.36. The topological polar surface area (TPSA) is 73.2 Å². The molecule has 6 heteroatoms. The van der Waals surface area contributed by atoms with Gasteiger partial charge in [0, 0.05) is 22.8 Å². The van der Waals surface area contributed by atoms with Gasteiger partial charge in [-0.2, -0.15) is 5.26 Å². The van der Waals surface area contributed by atoms with Crippen LogP contribution in [-0.4, -0.2) is 18.4 Å². The standard InChI is InChI=1S/C17H14BrN3O2/c1-12(22)21(16-4-2-3-14(18)9-16)11-17(23)20-15-7-5-13(10-19)6-8-15/h2-9H,11H2,1H3,(H,20,23). The van der Waals surface area contributed by atoms with Crippen molar-refractivity contribution < 1.29 is 9.59 Å². The molecule has 2 amide bonds. The van der Waals surface area contributed by atoms with Crippen molar-refractivity contribution >= 4 is 39.1 Å². The lowest BCUT2D eigenvalue weighted by molar-refractivity contribution is -0.120. The summed E-state index contributed by atoms with van der Waals surface area (Å²) < 4.78 is 0.828. The van der Waals surface area contributed by atoms with Crippen molar-refractivity contribution in [3.63, 3.8) is 0 Å². The molecule has 2 aromatic carbocycles. The molecular weight excluding hydrogens is 358 g/mol. The van der Waals surface area contributed by atoms with Crippen LogP contribution in [0.5, 0.6) is 0 Å². The molecule has 0 saturated carbocycles. The maximum atomic E-state index is 12.2. The van der Waals surface area contributed by atoms with E-state index in [-0.39, 0.29) is 18.4 Å². The van der Waals surface area contributed by atoms with Gasteiger partial charge >= 0.3 is 0 Å². The number of nitrogens with zero attached hydrogens (tertiary/aromatic N) is 2. The molecule has 0 bridgehead atoms. The summed E-state index contributed by atoms with van der Waals surface area (Å²) >= 11 is 3.35. The van der Waals surface area contributed by atoms with Gasteiger partial charge < -0.3 is 10.2 Å². The summed E-state index contributed by atoms with van der Waals surface area (Å²) in [5.41, 5.74) is 1.73. The molecule has 5 nitrogen and oxygen atoms in total. The van der Waals surface area contributed by atoms with Crippen LogP contribution in [0.3, 0.4) is 0 Å². The molecule has 0 spiro atoms. The fourth-order valence-corrected chi connectivity index (χ4v) is 2.39. The second kappa shape index (κ2) is 7.56. The average Bonchev–Trinajstić information content (AvgIpc) is 2.53. The molecule has 116 valence electrons. The number of anilines is 2. The number of carbonyl (C=O) groups excluding carboxylic acids is 2. The van der Waals surface area contributed by atoms with E-state index in [0.717, 1.165) is 4.47 Å². The van der Waals surface area contributed by atoms with Gasteiger partial charge in [0.2, 0.25) is 11.8 Å². The maximum Gasteiger partial charge on any atom is 0.244 e. The minimum Gasteiger partial charge on any atom is -0.325 e. The van der Waals surface area contributed by atoms with E-state index >= 15 is 0 Å². The third-order valence-corrected chi connectivity index (χ3v) is 3.59. The van der Waals surface area contributed by atoms with E-state index in [1.165, 1.54) is 11.8 Å². The summed E-state index contributed by atoms with van der Waals surface area (Å²) in [6.45, 7) is 1.32. The first-order chi connectivity index (χ1) is 11.0. The van der Waals surface area contributed by atoms with Gasteiger partial charge in [0.15, 0.2) is 0 Å². The van der Waals surface area contributed by atoms with Crippen molar-refractivity contribution in [1.29, 1.82) is 5.26 Å². The molecule has 1 N–H and O–H groups in total. The molecule has 2 aromatic rings. The Balaban J connectivity index is 2.09. The molecule has 0 saturated heterocycles. The summed E-state index contributed by atoms with van der Waals surface area (Å²) in [4.78, 5) is 25.4. The first kappa shape index (κ1) is 16.7. The van der Waals surface area contributed by atoms with Crippen LogP contribution in [-0.2, 0) is 9.59 Å². The van der Waals surface area contributed by atoms with E-state index in [1.807, 2.05) is 12.1 Å². The van der Waals surface area contributed by atoms with Crippen molar-refractivity contribution in [3.8, 4) is 6.07 Å². The number of hydrogen-bond acceptors (Lipinski definition) is 3. The zero-order valence-corrected chi connectivity index (χ0v) is 14.0. The van der Waals surface area contributed by atoms with Crippen molar-refractivity contribution in [3.05, 3.63) is 58.6 Å². The molecule has 0 radical (unpaired) electrons. The summed E-state index contributed by atoms with van der Waals surface area (Å²) in [5, 5.41) is 11.5. The van der Waals surface area contributed by atoms with Crippen LogP contribution in [0.4, 0.5) is 11.4 Å². The molecule has 23 heavy (non-hydrogen) atoms. The Morgan fingerprint density at radius 3 is 2.48 bits per heavy atom. The van der Waals surface area contributed by atoms with Crippen LogP contribution < -0.4 is 10.2 Å². The number of nitrogens with one attached hydrogen (secondary N) is 1. The van der Waals surface area contributed by atoms with Crippen molar-refractivity contribution in [2.45, 2.75) is 6.92 Å². The summed E-state index contributed by atoms with van der Waals surface area (Å²) in [5.74, 6) is -0.539. The van der Waals surface area contributed by atoms with Gasteiger partial charge in [-0.05, 0) is 42.5 Å². The summed E-state index contributed by atoms with van der Waals surface area (Å²) in [7, 11) is 0. The van der Waals surface area contributed by atoms with Gasteiger partial charge in [-0.1, -0.05) is 22.0 Å². The van der Waals surface area contributed by atoms with Gasteiger partial charge in [0.25, 0.3) is 0 Å². The van der Waals surface area contributed by atoms with Gasteiger partial charge in [-0.15, -0.1) is 0 Å². The van der Waals surface area contributed by atoms with E-state index in [2.05, 4.69) is 21.2 Å². The molecule has 0 aliphatic rings. The van der Waals surface area contributed by atoms with Crippen LogP contribution in [0.15, 0.2) is 53.0 Å². The monoisotopic (exact) mass is 371 g/mol. The number of halogens is 1. The summed E-state index contributed by atoms with van der Waals surface area (Å²) in [6, 6.07) is 15.7. The number of benzene rings is 2. The van der Waals surface area contributed by atoms with Gasteiger partial charge in [-0.25, -0.2) is 0 Å².